The number of nitrogens with zero attached hydrogens (tertiary/aromatic N) is 1. The van der Waals surface area contributed by atoms with Crippen LogP contribution in [-0.4, -0.2) is 4.98 Å². The minimum atomic E-state index is 1.10. The summed E-state index contributed by atoms with van der Waals surface area (Å²) in [6.07, 6.45) is 0. The normalized spacial score (nSPS) is 11.2. The summed E-state index contributed by atoms with van der Waals surface area (Å²) in [5, 5.41) is 5.52. The van der Waals surface area contributed by atoms with E-state index in [1.807, 2.05) is 0 Å². The van der Waals surface area contributed by atoms with E-state index < -0.39 is 0 Å². The van der Waals surface area contributed by atoms with Gasteiger partial charge in [0.05, 0.1) is 11.2 Å². The standard InChI is InChI=1S/C12H9NS/c1-8-2-3-11-9(6-8)10-7-14-5-4-12(10)13-11/h2-7H,1H3. The highest BCUT2D eigenvalue weighted by Gasteiger charge is 2.09. The van der Waals surface area contributed by atoms with E-state index >= 15 is 0 Å². The highest BCUT2D eigenvalue weighted by Crippen LogP contribution is 2.32. The monoisotopic (exact) mass is 199 g/mol. The highest BCUT2D eigenvalue weighted by molar-refractivity contribution is 7.08. The molecule has 0 saturated carbocycles. The Morgan fingerprint density at radius 1 is 1.21 bits per heavy atom. The van der Waals surface area contributed by atoms with Gasteiger partial charge < -0.3 is 0 Å². The van der Waals surface area contributed by atoms with Gasteiger partial charge in [-0.1, -0.05) is 11.6 Å². The van der Waals surface area contributed by atoms with Gasteiger partial charge in [-0.05, 0) is 30.5 Å². The fraction of sp³-hybridized carbons (Fsp3) is 0.0833. The smallest absolute Gasteiger partial charge is 0.0732 e. The van der Waals surface area contributed by atoms with Gasteiger partial charge in [-0.3, -0.25) is 0 Å². The average Bonchev–Trinajstić information content (AvgIpc) is 2.56. The maximum atomic E-state index is 4.56. The number of aryl methyl sites for hydroxylation is 1. The van der Waals surface area contributed by atoms with Gasteiger partial charge in [-0.15, -0.1) is 0 Å². The van der Waals surface area contributed by atoms with Crippen LogP contribution in [0, 0.1) is 6.92 Å². The summed E-state index contributed by atoms with van der Waals surface area (Å²) in [5.41, 5.74) is 4.77. The molecule has 0 bridgehead atoms. The molecule has 3 rings (SSSR count). The number of hydrogen-bond acceptors (Lipinski definition) is 2. The van der Waals surface area contributed by atoms with E-state index in [0.29, 0.717) is 0 Å². The second kappa shape index (κ2) is 2.79. The molecule has 0 N–H and O–H groups in total. The van der Waals surface area contributed by atoms with Crippen LogP contribution in [0.2, 0.25) is 0 Å². The zero-order valence-electron chi connectivity index (χ0n) is 7.82. The van der Waals surface area contributed by atoms with Gasteiger partial charge >= 0.3 is 0 Å². The molecular weight excluding hydrogens is 190 g/mol. The molecule has 1 nitrogen and oxygen atoms in total. The van der Waals surface area contributed by atoms with E-state index in [-0.39, 0.29) is 0 Å². The van der Waals surface area contributed by atoms with E-state index in [9.17, 15) is 0 Å². The van der Waals surface area contributed by atoms with Gasteiger partial charge in [0, 0.05) is 16.3 Å². The lowest BCUT2D eigenvalue weighted by Crippen LogP contribution is -1.72. The molecule has 1 aromatic rings. The van der Waals surface area contributed by atoms with Crippen LogP contribution >= 0.6 is 11.3 Å². The zero-order chi connectivity index (χ0) is 9.54. The molecule has 0 aliphatic carbocycles. The summed E-state index contributed by atoms with van der Waals surface area (Å²) in [5.74, 6) is 0. The SMILES string of the molecule is Cc1ccc2nc3ccscc-3c2c1. The topological polar surface area (TPSA) is 12.9 Å². The lowest BCUT2D eigenvalue weighted by Gasteiger charge is -1.95. The van der Waals surface area contributed by atoms with Crippen molar-refractivity contribution in [2.45, 2.75) is 6.92 Å². The Balaban J connectivity index is 2.51. The first-order valence-corrected chi connectivity index (χ1v) is 5.51. The Labute approximate surface area is 86.4 Å². The Kier molecular flexibility index (Phi) is 1.58. The van der Waals surface area contributed by atoms with Crippen molar-refractivity contribution in [2.24, 2.45) is 0 Å². The van der Waals surface area contributed by atoms with E-state index in [1.54, 1.807) is 11.3 Å². The second-order valence-electron chi connectivity index (χ2n) is 3.49. The van der Waals surface area contributed by atoms with Gasteiger partial charge in [0.2, 0.25) is 0 Å². The first kappa shape index (κ1) is 7.94. The van der Waals surface area contributed by atoms with E-state index in [4.69, 9.17) is 0 Å². The molecule has 0 saturated heterocycles. The minimum absolute atomic E-state index is 1.10. The lowest BCUT2D eigenvalue weighted by molar-refractivity contribution is 1.46. The van der Waals surface area contributed by atoms with Crippen molar-refractivity contribution >= 4 is 22.2 Å². The van der Waals surface area contributed by atoms with E-state index in [1.165, 1.54) is 16.5 Å². The number of aromatic nitrogens is 1. The largest absolute Gasteiger partial charge is 0.248 e. The van der Waals surface area contributed by atoms with Crippen molar-refractivity contribution in [2.75, 3.05) is 0 Å². The third-order valence-corrected chi connectivity index (χ3v) is 3.11. The second-order valence-corrected chi connectivity index (χ2v) is 4.27. The maximum Gasteiger partial charge on any atom is 0.0732 e. The van der Waals surface area contributed by atoms with Crippen molar-refractivity contribution < 1.29 is 0 Å². The van der Waals surface area contributed by atoms with Crippen molar-refractivity contribution in [1.82, 2.24) is 4.98 Å². The fourth-order valence-corrected chi connectivity index (χ4v) is 2.42. The predicted molar refractivity (Wildman–Crippen MR) is 61.0 cm³/mol. The first-order valence-electron chi connectivity index (χ1n) is 4.57. The van der Waals surface area contributed by atoms with E-state index in [0.717, 1.165) is 11.2 Å². The molecule has 0 atom stereocenters. The maximum absolute atomic E-state index is 4.56. The molecule has 2 heteroatoms. The molecule has 0 unspecified atom stereocenters. The van der Waals surface area contributed by atoms with Crippen molar-refractivity contribution in [1.29, 1.82) is 0 Å². The molecule has 1 aromatic carbocycles. The van der Waals surface area contributed by atoms with Gasteiger partial charge in [0.1, 0.15) is 0 Å². The van der Waals surface area contributed by atoms with Gasteiger partial charge in [0.25, 0.3) is 0 Å². The molecule has 0 spiro atoms. The summed E-state index contributed by atoms with van der Waals surface area (Å²) < 4.78 is 0. The molecule has 2 heterocycles. The van der Waals surface area contributed by atoms with Crippen LogP contribution in [0.5, 0.6) is 0 Å². The van der Waals surface area contributed by atoms with Crippen LogP contribution in [0.4, 0.5) is 0 Å². The molecule has 0 fully saturated rings. The third kappa shape index (κ3) is 1.04. The molecule has 0 radical (unpaired) electrons. The molecule has 0 amide bonds. The van der Waals surface area contributed by atoms with E-state index in [2.05, 4.69) is 46.9 Å². The molecule has 0 aromatic heterocycles. The number of rotatable bonds is 0. The molecule has 2 aliphatic heterocycles. The van der Waals surface area contributed by atoms with Crippen molar-refractivity contribution in [3.05, 3.63) is 40.6 Å². The van der Waals surface area contributed by atoms with Crippen LogP contribution in [-0.2, 0) is 0 Å². The number of benzene rings is 1. The van der Waals surface area contributed by atoms with Gasteiger partial charge in [-0.25, -0.2) is 4.98 Å². The Hall–Kier alpha value is -1.41. The summed E-state index contributed by atoms with van der Waals surface area (Å²) in [7, 11) is 0. The van der Waals surface area contributed by atoms with Crippen LogP contribution < -0.4 is 0 Å². The summed E-state index contributed by atoms with van der Waals surface area (Å²) in [6.45, 7) is 2.12. The summed E-state index contributed by atoms with van der Waals surface area (Å²) >= 11 is 1.72. The lowest BCUT2D eigenvalue weighted by atomic mass is 10.1. The summed E-state index contributed by atoms with van der Waals surface area (Å²) in [4.78, 5) is 4.56. The molecule has 14 heavy (non-hydrogen) atoms. The van der Waals surface area contributed by atoms with Crippen molar-refractivity contribution in [3.8, 4) is 11.3 Å². The van der Waals surface area contributed by atoms with Crippen LogP contribution in [0.3, 0.4) is 0 Å². The quantitative estimate of drug-likeness (QED) is 0.538. The fourth-order valence-electron chi connectivity index (χ4n) is 1.75. The Morgan fingerprint density at radius 3 is 3.07 bits per heavy atom. The number of fused-ring (bicyclic) bond motifs is 3. The first-order chi connectivity index (χ1) is 6.84. The molecule has 2 aliphatic rings. The zero-order valence-corrected chi connectivity index (χ0v) is 8.64. The van der Waals surface area contributed by atoms with Gasteiger partial charge in [0.15, 0.2) is 0 Å². The average molecular weight is 199 g/mol. The summed E-state index contributed by atoms with van der Waals surface area (Å²) in [6, 6.07) is 8.49. The van der Waals surface area contributed by atoms with Crippen molar-refractivity contribution in [3.63, 3.8) is 0 Å². The highest BCUT2D eigenvalue weighted by atomic mass is 32.1. The Bertz CT molecular complexity index is 568. The van der Waals surface area contributed by atoms with Gasteiger partial charge in [-0.2, -0.15) is 11.3 Å². The van der Waals surface area contributed by atoms with Crippen LogP contribution in [0.25, 0.3) is 22.2 Å². The Morgan fingerprint density at radius 2 is 2.14 bits per heavy atom. The molecular formula is C12H9NS. The molecule has 68 valence electrons. The van der Waals surface area contributed by atoms with Crippen LogP contribution in [0.1, 0.15) is 5.56 Å². The third-order valence-electron chi connectivity index (χ3n) is 2.45. The number of hydrogen-bond donors (Lipinski definition) is 0. The minimum Gasteiger partial charge on any atom is -0.248 e. The predicted octanol–water partition coefficient (Wildman–Crippen LogP) is 3.71. The van der Waals surface area contributed by atoms with Crippen LogP contribution in [0.15, 0.2) is 35.0 Å².